The van der Waals surface area contributed by atoms with Crippen molar-refractivity contribution in [2.45, 2.75) is 6.92 Å². The van der Waals surface area contributed by atoms with Crippen molar-refractivity contribution >= 4 is 40.4 Å². The van der Waals surface area contributed by atoms with E-state index >= 15 is 0 Å². The first-order valence-electron chi connectivity index (χ1n) is 9.26. The van der Waals surface area contributed by atoms with E-state index < -0.39 is 0 Å². The third-order valence-electron chi connectivity index (χ3n) is 4.17. The van der Waals surface area contributed by atoms with Crippen LogP contribution >= 0.6 is 11.8 Å². The topological polar surface area (TPSA) is 54.8 Å². The average Bonchev–Trinajstić information content (AvgIpc) is 3.05. The first-order valence-corrected chi connectivity index (χ1v) is 10.1. The summed E-state index contributed by atoms with van der Waals surface area (Å²) in [4.78, 5) is 24.3. The fourth-order valence-corrected chi connectivity index (χ4v) is 3.84. The normalized spacial score (nSPS) is 16.6. The van der Waals surface area contributed by atoms with E-state index in [1.165, 1.54) is 11.8 Å². The van der Waals surface area contributed by atoms with Gasteiger partial charge in [-0.2, -0.15) is 0 Å². The van der Waals surface area contributed by atoms with Crippen molar-refractivity contribution in [3.05, 3.63) is 89.5 Å². The first kappa shape index (κ1) is 19.0. The Morgan fingerprint density at radius 3 is 2.48 bits per heavy atom. The Bertz CT molecular complexity index is 1050. The Labute approximate surface area is 173 Å². The van der Waals surface area contributed by atoms with Gasteiger partial charge >= 0.3 is 0 Å². The molecule has 1 aliphatic heterocycles. The Hall–Kier alpha value is -3.38. The summed E-state index contributed by atoms with van der Waals surface area (Å²) in [5.41, 5.74) is 1.70. The van der Waals surface area contributed by atoms with E-state index in [0.29, 0.717) is 22.5 Å². The predicted molar refractivity (Wildman–Crippen MR) is 118 cm³/mol. The van der Waals surface area contributed by atoms with Crippen molar-refractivity contribution in [2.24, 2.45) is 4.99 Å². The highest BCUT2D eigenvalue weighted by Crippen LogP contribution is 2.37. The van der Waals surface area contributed by atoms with Crippen LogP contribution in [0.25, 0.3) is 6.08 Å². The molecule has 29 heavy (non-hydrogen) atoms. The zero-order valence-electron chi connectivity index (χ0n) is 15.9. The summed E-state index contributed by atoms with van der Waals surface area (Å²) in [5.74, 6) is 1.20. The van der Waals surface area contributed by atoms with E-state index in [-0.39, 0.29) is 5.91 Å². The number of aromatic nitrogens is 1. The average molecular weight is 401 g/mol. The van der Waals surface area contributed by atoms with Gasteiger partial charge in [0.15, 0.2) is 11.0 Å². The van der Waals surface area contributed by atoms with Crippen LogP contribution in [0.4, 0.5) is 11.5 Å². The molecule has 4 rings (SSSR count). The zero-order valence-corrected chi connectivity index (χ0v) is 16.7. The summed E-state index contributed by atoms with van der Waals surface area (Å²) in [5, 5.41) is 0.569. The first-order chi connectivity index (χ1) is 14.2. The summed E-state index contributed by atoms with van der Waals surface area (Å²) < 4.78 is 5.51. The van der Waals surface area contributed by atoms with Crippen molar-refractivity contribution in [2.75, 3.05) is 11.5 Å². The van der Waals surface area contributed by atoms with Crippen molar-refractivity contribution < 1.29 is 9.53 Å². The Morgan fingerprint density at radius 2 is 1.79 bits per heavy atom. The quantitative estimate of drug-likeness (QED) is 0.545. The molecule has 0 radical (unpaired) electrons. The summed E-state index contributed by atoms with van der Waals surface area (Å²) >= 11 is 1.34. The van der Waals surface area contributed by atoms with Crippen LogP contribution in [0.1, 0.15) is 12.5 Å². The molecule has 0 bridgehead atoms. The predicted octanol–water partition coefficient (Wildman–Crippen LogP) is 5.29. The lowest BCUT2D eigenvalue weighted by atomic mass is 10.2. The highest BCUT2D eigenvalue weighted by atomic mass is 32.2. The number of carbonyl (C=O) groups excluding carboxylic acids is 1. The Morgan fingerprint density at radius 1 is 1.03 bits per heavy atom. The second kappa shape index (κ2) is 8.75. The smallest absolute Gasteiger partial charge is 0.271 e. The van der Waals surface area contributed by atoms with Gasteiger partial charge in [0.05, 0.1) is 17.2 Å². The van der Waals surface area contributed by atoms with Gasteiger partial charge in [-0.25, -0.2) is 9.98 Å². The van der Waals surface area contributed by atoms with E-state index in [2.05, 4.69) is 9.98 Å². The Kier molecular flexibility index (Phi) is 5.72. The minimum Gasteiger partial charge on any atom is -0.494 e. The molecule has 0 atom stereocenters. The van der Waals surface area contributed by atoms with E-state index in [4.69, 9.17) is 4.74 Å². The maximum Gasteiger partial charge on any atom is 0.271 e. The molecule has 0 aliphatic carbocycles. The molecule has 2 aromatic carbocycles. The minimum atomic E-state index is -0.113. The van der Waals surface area contributed by atoms with Crippen LogP contribution < -0.4 is 9.64 Å². The molecule has 1 fully saturated rings. The standard InChI is InChI=1S/C23H19N3O2S/c1-2-28-19-13-11-18(12-14-19)26-22(27)20(16-17-8-4-3-5-9-17)29-23(26)25-21-10-6-7-15-24-21/h3-16H,2H2,1H3/b20-16-,25-23-. The molecule has 0 N–H and O–H groups in total. The number of aliphatic imine (C=N–C) groups is 1. The van der Waals surface area contributed by atoms with Crippen LogP contribution in [-0.4, -0.2) is 22.7 Å². The molecule has 0 saturated carbocycles. The molecule has 1 aromatic heterocycles. The third kappa shape index (κ3) is 4.38. The van der Waals surface area contributed by atoms with E-state index in [9.17, 15) is 4.79 Å². The van der Waals surface area contributed by atoms with Gasteiger partial charge < -0.3 is 4.74 Å². The number of nitrogens with zero attached hydrogens (tertiary/aromatic N) is 3. The summed E-state index contributed by atoms with van der Waals surface area (Å²) in [6.45, 7) is 2.53. The number of hydrogen-bond donors (Lipinski definition) is 0. The summed E-state index contributed by atoms with van der Waals surface area (Å²) in [6.07, 6.45) is 3.57. The zero-order chi connectivity index (χ0) is 20.1. The molecule has 0 unspecified atom stereocenters. The van der Waals surface area contributed by atoms with Gasteiger partial charge in [-0.05, 0) is 66.7 Å². The van der Waals surface area contributed by atoms with Crippen LogP contribution in [0.2, 0.25) is 0 Å². The molecule has 1 amide bonds. The van der Waals surface area contributed by atoms with E-state index in [0.717, 1.165) is 17.0 Å². The number of thioether (sulfide) groups is 1. The van der Waals surface area contributed by atoms with Gasteiger partial charge in [-0.1, -0.05) is 36.4 Å². The van der Waals surface area contributed by atoms with Gasteiger partial charge in [0, 0.05) is 6.20 Å². The molecule has 0 spiro atoms. The number of hydrogen-bond acceptors (Lipinski definition) is 5. The van der Waals surface area contributed by atoms with Crippen molar-refractivity contribution in [3.63, 3.8) is 0 Å². The molecule has 3 aromatic rings. The second-order valence-electron chi connectivity index (χ2n) is 6.17. The highest BCUT2D eigenvalue weighted by molar-refractivity contribution is 8.19. The SMILES string of the molecule is CCOc1ccc(N2C(=O)/C(=C/c3ccccc3)S/C2=N\c2ccccn2)cc1. The number of ether oxygens (including phenoxy) is 1. The van der Waals surface area contributed by atoms with Crippen LogP contribution in [-0.2, 0) is 4.79 Å². The van der Waals surface area contributed by atoms with Gasteiger partial charge in [0.2, 0.25) is 0 Å². The summed E-state index contributed by atoms with van der Waals surface area (Å²) in [6, 6.07) is 22.7. The molecule has 1 aliphatic rings. The fourth-order valence-electron chi connectivity index (χ4n) is 2.85. The lowest BCUT2D eigenvalue weighted by Crippen LogP contribution is -2.28. The number of amides is 1. The van der Waals surface area contributed by atoms with Gasteiger partial charge in [-0.15, -0.1) is 0 Å². The second-order valence-corrected chi connectivity index (χ2v) is 7.18. The van der Waals surface area contributed by atoms with Crippen LogP contribution in [0, 0.1) is 0 Å². The molecular weight excluding hydrogens is 382 g/mol. The van der Waals surface area contributed by atoms with E-state index in [1.807, 2.05) is 85.8 Å². The summed E-state index contributed by atoms with van der Waals surface area (Å²) in [7, 11) is 0. The number of benzene rings is 2. The fraction of sp³-hybridized carbons (Fsp3) is 0.0870. The lowest BCUT2D eigenvalue weighted by molar-refractivity contribution is -0.113. The number of amidine groups is 1. The van der Waals surface area contributed by atoms with Gasteiger partial charge in [-0.3, -0.25) is 9.69 Å². The highest BCUT2D eigenvalue weighted by Gasteiger charge is 2.34. The number of carbonyl (C=O) groups is 1. The van der Waals surface area contributed by atoms with Crippen LogP contribution in [0.5, 0.6) is 5.75 Å². The van der Waals surface area contributed by atoms with Crippen molar-refractivity contribution in [3.8, 4) is 5.75 Å². The van der Waals surface area contributed by atoms with E-state index in [1.54, 1.807) is 11.1 Å². The minimum absolute atomic E-state index is 0.113. The molecular formula is C23H19N3O2S. The van der Waals surface area contributed by atoms with Crippen LogP contribution in [0.15, 0.2) is 88.9 Å². The largest absolute Gasteiger partial charge is 0.494 e. The number of anilines is 1. The van der Waals surface area contributed by atoms with Crippen molar-refractivity contribution in [1.29, 1.82) is 0 Å². The van der Waals surface area contributed by atoms with Crippen molar-refractivity contribution in [1.82, 2.24) is 4.98 Å². The number of rotatable bonds is 5. The maximum atomic E-state index is 13.2. The van der Waals surface area contributed by atoms with Gasteiger partial charge in [0.25, 0.3) is 5.91 Å². The maximum absolute atomic E-state index is 13.2. The molecule has 144 valence electrons. The molecule has 1 saturated heterocycles. The molecule has 5 nitrogen and oxygen atoms in total. The molecule has 6 heteroatoms. The number of pyridine rings is 1. The van der Waals surface area contributed by atoms with Gasteiger partial charge in [0.1, 0.15) is 5.75 Å². The molecule has 2 heterocycles. The third-order valence-corrected chi connectivity index (χ3v) is 5.14. The monoisotopic (exact) mass is 401 g/mol. The lowest BCUT2D eigenvalue weighted by Gasteiger charge is -2.16. The Balaban J connectivity index is 1.73. The van der Waals surface area contributed by atoms with Crippen LogP contribution in [0.3, 0.4) is 0 Å².